The molecule has 0 spiro atoms. The molecule has 0 radical (unpaired) electrons. The summed E-state index contributed by atoms with van der Waals surface area (Å²) >= 11 is 1.23. The molecule has 0 aliphatic carbocycles. The lowest BCUT2D eigenvalue weighted by Crippen LogP contribution is -2.21. The van der Waals surface area contributed by atoms with Gasteiger partial charge in [0, 0.05) is 17.8 Å². The Labute approximate surface area is 172 Å². The van der Waals surface area contributed by atoms with Gasteiger partial charge in [0.05, 0.1) is 10.9 Å². The minimum atomic E-state index is -0.475. The Kier molecular flexibility index (Phi) is 6.22. The van der Waals surface area contributed by atoms with Crippen molar-refractivity contribution in [3.63, 3.8) is 0 Å². The third-order valence-corrected chi connectivity index (χ3v) is 5.97. The van der Waals surface area contributed by atoms with Crippen molar-refractivity contribution in [2.75, 3.05) is 0 Å². The fourth-order valence-corrected chi connectivity index (χ4v) is 4.36. The molecule has 2 aromatic heterocycles. The number of nitrogens with one attached hydrogen (secondary N) is 2. The zero-order chi connectivity index (χ0) is 21.1. The number of nitrogens with zero attached hydrogens (tertiary/aromatic N) is 2. The average molecular weight is 413 g/mol. The van der Waals surface area contributed by atoms with Crippen LogP contribution in [0, 0.1) is 13.8 Å². The van der Waals surface area contributed by atoms with Crippen molar-refractivity contribution < 1.29 is 9.59 Å². The fourth-order valence-electron chi connectivity index (χ4n) is 3.42. The van der Waals surface area contributed by atoms with Crippen LogP contribution in [-0.4, -0.2) is 36.6 Å². The predicted molar refractivity (Wildman–Crippen MR) is 113 cm³/mol. The van der Waals surface area contributed by atoms with Gasteiger partial charge in [-0.1, -0.05) is 42.1 Å². The minimum Gasteiger partial charge on any atom is -0.355 e. The lowest BCUT2D eigenvalue weighted by Gasteiger charge is -2.11. The van der Waals surface area contributed by atoms with Crippen molar-refractivity contribution in [3.8, 4) is 0 Å². The van der Waals surface area contributed by atoms with Crippen LogP contribution < -0.4 is 5.69 Å². The molecule has 0 bridgehead atoms. The summed E-state index contributed by atoms with van der Waals surface area (Å²) in [5.41, 5.74) is 3.17. The number of ketones is 2. The Morgan fingerprint density at radius 2 is 1.90 bits per heavy atom. The predicted octanol–water partition coefficient (Wildman–Crippen LogP) is 3.33. The Morgan fingerprint density at radius 1 is 1.21 bits per heavy atom. The molecule has 1 aromatic carbocycles. The molecule has 7 nitrogen and oxygen atoms in total. The molecule has 0 unspecified atom stereocenters. The maximum Gasteiger partial charge on any atom is 0.343 e. The van der Waals surface area contributed by atoms with Crippen molar-refractivity contribution >= 4 is 23.3 Å². The van der Waals surface area contributed by atoms with Crippen LogP contribution in [0.5, 0.6) is 0 Å². The molecule has 152 valence electrons. The first-order chi connectivity index (χ1) is 13.8. The molecule has 2 heterocycles. The monoisotopic (exact) mass is 412 g/mol. The van der Waals surface area contributed by atoms with Gasteiger partial charge in [0.25, 0.3) is 0 Å². The van der Waals surface area contributed by atoms with Crippen LogP contribution in [-0.2, 0) is 13.0 Å². The smallest absolute Gasteiger partial charge is 0.343 e. The zero-order valence-corrected chi connectivity index (χ0v) is 17.7. The van der Waals surface area contributed by atoms with Crippen LogP contribution in [0.2, 0.25) is 0 Å². The van der Waals surface area contributed by atoms with Crippen LogP contribution in [0.4, 0.5) is 0 Å². The van der Waals surface area contributed by atoms with E-state index in [4.69, 9.17) is 0 Å². The van der Waals surface area contributed by atoms with E-state index in [9.17, 15) is 14.4 Å². The molecule has 29 heavy (non-hydrogen) atoms. The van der Waals surface area contributed by atoms with Crippen molar-refractivity contribution in [2.45, 2.75) is 51.1 Å². The number of H-pyrrole nitrogens is 2. The molecular formula is C21H24N4O3S. The normalized spacial score (nSPS) is 12.1. The highest BCUT2D eigenvalue weighted by Gasteiger charge is 2.25. The number of aryl methyl sites for hydroxylation is 2. The number of carbonyl (C=O) groups is 2. The van der Waals surface area contributed by atoms with E-state index in [0.29, 0.717) is 40.6 Å². The molecule has 0 saturated heterocycles. The summed E-state index contributed by atoms with van der Waals surface area (Å²) < 4.78 is 1.55. The highest BCUT2D eigenvalue weighted by atomic mass is 32.2. The first-order valence-electron chi connectivity index (χ1n) is 9.39. The van der Waals surface area contributed by atoms with Gasteiger partial charge in [-0.25, -0.2) is 9.89 Å². The number of hydrogen-bond donors (Lipinski definition) is 2. The molecule has 3 aromatic rings. The summed E-state index contributed by atoms with van der Waals surface area (Å²) in [4.78, 5) is 40.0. The molecule has 0 amide bonds. The van der Waals surface area contributed by atoms with Crippen molar-refractivity contribution in [3.05, 3.63) is 68.9 Å². The van der Waals surface area contributed by atoms with Crippen LogP contribution in [0.3, 0.4) is 0 Å². The van der Waals surface area contributed by atoms with Gasteiger partial charge in [0.2, 0.25) is 0 Å². The minimum absolute atomic E-state index is 0.0716. The molecule has 0 saturated carbocycles. The maximum atomic E-state index is 13.0. The second-order valence-electron chi connectivity index (χ2n) is 7.00. The summed E-state index contributed by atoms with van der Waals surface area (Å²) in [6.45, 7) is 7.29. The number of carbonyl (C=O) groups excluding carboxylic acids is 2. The lowest BCUT2D eigenvalue weighted by molar-refractivity contribution is 0.0988. The van der Waals surface area contributed by atoms with Gasteiger partial charge in [-0.15, -0.1) is 5.10 Å². The number of thioether (sulfide) groups is 1. The fraction of sp³-hybridized carbons (Fsp3) is 0.333. The van der Waals surface area contributed by atoms with E-state index in [1.165, 1.54) is 18.7 Å². The molecular weight excluding hydrogens is 388 g/mol. The van der Waals surface area contributed by atoms with Crippen LogP contribution in [0.15, 0.2) is 40.3 Å². The molecule has 1 atom stereocenters. The van der Waals surface area contributed by atoms with Gasteiger partial charge < -0.3 is 4.98 Å². The Morgan fingerprint density at radius 3 is 2.52 bits per heavy atom. The average Bonchev–Trinajstić information content (AvgIpc) is 3.18. The first kappa shape index (κ1) is 20.9. The van der Waals surface area contributed by atoms with E-state index in [-0.39, 0.29) is 17.3 Å². The van der Waals surface area contributed by atoms with Gasteiger partial charge in [0.15, 0.2) is 16.7 Å². The van der Waals surface area contributed by atoms with Gasteiger partial charge in [-0.2, -0.15) is 0 Å². The van der Waals surface area contributed by atoms with Crippen molar-refractivity contribution in [1.82, 2.24) is 19.7 Å². The second-order valence-corrected chi connectivity index (χ2v) is 8.31. The molecule has 0 aliphatic rings. The first-order valence-corrected chi connectivity index (χ1v) is 10.3. The lowest BCUT2D eigenvalue weighted by atomic mass is 10.0. The Hall–Kier alpha value is -2.87. The number of rotatable bonds is 8. The van der Waals surface area contributed by atoms with E-state index in [0.717, 1.165) is 5.56 Å². The highest BCUT2D eigenvalue weighted by Crippen LogP contribution is 2.26. The third-order valence-electron chi connectivity index (χ3n) is 4.88. The van der Waals surface area contributed by atoms with Crippen LogP contribution in [0.25, 0.3) is 0 Å². The maximum absolute atomic E-state index is 13.0. The largest absolute Gasteiger partial charge is 0.355 e. The van der Waals surface area contributed by atoms with E-state index >= 15 is 0 Å². The van der Waals surface area contributed by atoms with Crippen molar-refractivity contribution in [2.24, 2.45) is 0 Å². The van der Waals surface area contributed by atoms with E-state index in [1.54, 1.807) is 25.3 Å². The highest BCUT2D eigenvalue weighted by molar-refractivity contribution is 8.00. The summed E-state index contributed by atoms with van der Waals surface area (Å²) in [6, 6.07) is 9.88. The second kappa shape index (κ2) is 8.65. The van der Waals surface area contributed by atoms with E-state index in [2.05, 4.69) is 15.2 Å². The Bertz CT molecular complexity index is 1100. The standard InChI is InChI=1S/C21H24N4O3S/c1-12-17(14(3)26)13(2)22-18(12)19(27)15(4)29-21-24-23-20(28)25(21)11-10-16-8-6-5-7-9-16/h5-9,15,22H,10-11H2,1-4H3,(H,23,28)/t15-/m1/s1. The summed E-state index contributed by atoms with van der Waals surface area (Å²) in [5.74, 6) is -0.203. The summed E-state index contributed by atoms with van der Waals surface area (Å²) in [7, 11) is 0. The molecule has 0 aliphatic heterocycles. The summed E-state index contributed by atoms with van der Waals surface area (Å²) in [6.07, 6.45) is 0.688. The topological polar surface area (TPSA) is 101 Å². The van der Waals surface area contributed by atoms with Gasteiger partial charge in [0.1, 0.15) is 0 Å². The number of hydrogen-bond acceptors (Lipinski definition) is 5. The molecule has 8 heteroatoms. The number of Topliss-reactive ketones (excluding diaryl/α,β-unsaturated/α-hetero) is 2. The Balaban J connectivity index is 1.77. The SMILES string of the molecule is CC(=O)c1c(C)[nH]c(C(=O)[C@@H](C)Sc2n[nH]c(=O)n2CCc2ccccc2)c1C. The molecule has 3 rings (SSSR count). The van der Waals surface area contributed by atoms with Gasteiger partial charge >= 0.3 is 5.69 Å². The van der Waals surface area contributed by atoms with Crippen molar-refractivity contribution in [1.29, 1.82) is 0 Å². The number of aromatic amines is 2. The zero-order valence-electron chi connectivity index (χ0n) is 16.9. The van der Waals surface area contributed by atoms with Gasteiger partial charge in [-0.05, 0) is 45.2 Å². The quantitative estimate of drug-likeness (QED) is 0.437. The van der Waals surface area contributed by atoms with Gasteiger partial charge in [-0.3, -0.25) is 14.2 Å². The summed E-state index contributed by atoms with van der Waals surface area (Å²) in [5, 5.41) is 6.56. The molecule has 0 fully saturated rings. The van der Waals surface area contributed by atoms with E-state index < -0.39 is 5.25 Å². The third kappa shape index (κ3) is 4.42. The van der Waals surface area contributed by atoms with Crippen LogP contribution in [0.1, 0.15) is 51.5 Å². The number of aromatic nitrogens is 4. The van der Waals surface area contributed by atoms with Crippen LogP contribution >= 0.6 is 11.8 Å². The number of benzene rings is 1. The van der Waals surface area contributed by atoms with E-state index in [1.807, 2.05) is 30.3 Å². The molecule has 2 N–H and O–H groups in total.